The molecule has 1 aromatic carbocycles. The molecule has 1 aliphatic heterocycles. The van der Waals surface area contributed by atoms with Gasteiger partial charge in [0.15, 0.2) is 23.5 Å². The molecule has 1 aliphatic rings. The summed E-state index contributed by atoms with van der Waals surface area (Å²) in [5.41, 5.74) is 0.983. The van der Waals surface area contributed by atoms with Gasteiger partial charge in [-0.2, -0.15) is 5.10 Å². The number of benzene rings is 1. The maximum Gasteiger partial charge on any atom is 0.260 e. The average Bonchev–Trinajstić information content (AvgIpc) is 2.73. The minimum Gasteiger partial charge on any atom is -0.478 e. The number of carbonyl (C=O) groups excluding carboxylic acids is 1. The van der Waals surface area contributed by atoms with E-state index in [0.717, 1.165) is 18.8 Å². The van der Waals surface area contributed by atoms with Gasteiger partial charge in [-0.05, 0) is 19.1 Å². The topological polar surface area (TPSA) is 88.6 Å². The minimum absolute atomic E-state index is 0.0541. The van der Waals surface area contributed by atoms with E-state index in [0.29, 0.717) is 32.1 Å². The van der Waals surface area contributed by atoms with Crippen LogP contribution in [-0.4, -0.2) is 61.6 Å². The fraction of sp³-hybridized carbons (Fsp3) is 0.421. The number of amides is 1. The lowest BCUT2D eigenvalue weighted by Gasteiger charge is -2.28. The van der Waals surface area contributed by atoms with Crippen molar-refractivity contribution in [2.45, 2.75) is 13.0 Å². The number of hydrogen-bond acceptors (Lipinski definition) is 7. The van der Waals surface area contributed by atoms with Gasteiger partial charge in [-0.1, -0.05) is 12.1 Å². The molecular formula is C19H24FN5O3. The SMILES string of the molecule is CC(Oc1ccccc1F)C(=O)NCCNc1cc(N2CCOCC2)cnn1. The van der Waals surface area contributed by atoms with Crippen LogP contribution < -0.4 is 20.3 Å². The summed E-state index contributed by atoms with van der Waals surface area (Å²) in [5, 5.41) is 13.9. The standard InChI is InChI=1S/C19H24FN5O3/c1-14(28-17-5-3-2-4-16(17)20)19(26)22-7-6-21-18-12-15(13-23-24-18)25-8-10-27-11-9-25/h2-5,12-14H,6-11H2,1H3,(H,21,24)(H,22,26). The number of para-hydroxylation sites is 1. The van der Waals surface area contributed by atoms with Crippen LogP contribution in [-0.2, 0) is 9.53 Å². The fourth-order valence-corrected chi connectivity index (χ4v) is 2.74. The van der Waals surface area contributed by atoms with Gasteiger partial charge in [0.25, 0.3) is 5.91 Å². The molecule has 1 aromatic heterocycles. The predicted octanol–water partition coefficient (Wildman–Crippen LogP) is 1.45. The first-order valence-electron chi connectivity index (χ1n) is 9.21. The number of anilines is 2. The second-order valence-electron chi connectivity index (χ2n) is 6.31. The van der Waals surface area contributed by atoms with Gasteiger partial charge in [-0.25, -0.2) is 4.39 Å². The van der Waals surface area contributed by atoms with Crippen molar-refractivity contribution in [1.82, 2.24) is 15.5 Å². The Labute approximate surface area is 163 Å². The molecule has 0 bridgehead atoms. The number of nitrogens with zero attached hydrogens (tertiary/aromatic N) is 3. The summed E-state index contributed by atoms with van der Waals surface area (Å²) < 4.78 is 24.3. The van der Waals surface area contributed by atoms with Crippen molar-refractivity contribution in [3.05, 3.63) is 42.3 Å². The number of carbonyl (C=O) groups is 1. The second kappa shape index (κ2) is 9.84. The smallest absolute Gasteiger partial charge is 0.260 e. The largest absolute Gasteiger partial charge is 0.478 e. The summed E-state index contributed by atoms with van der Waals surface area (Å²) in [5.74, 6) is -0.131. The van der Waals surface area contributed by atoms with E-state index in [4.69, 9.17) is 9.47 Å². The Morgan fingerprint density at radius 3 is 2.89 bits per heavy atom. The molecule has 8 nitrogen and oxygen atoms in total. The van der Waals surface area contributed by atoms with Crippen molar-refractivity contribution in [2.75, 3.05) is 49.6 Å². The summed E-state index contributed by atoms with van der Waals surface area (Å²) in [6, 6.07) is 7.91. The zero-order valence-corrected chi connectivity index (χ0v) is 15.7. The van der Waals surface area contributed by atoms with E-state index >= 15 is 0 Å². The molecule has 1 saturated heterocycles. The first-order chi connectivity index (χ1) is 13.6. The van der Waals surface area contributed by atoms with Crippen LogP contribution >= 0.6 is 0 Å². The van der Waals surface area contributed by atoms with Gasteiger partial charge in [0.05, 0.1) is 25.1 Å². The van der Waals surface area contributed by atoms with Gasteiger partial charge in [0, 0.05) is 32.2 Å². The van der Waals surface area contributed by atoms with Crippen LogP contribution in [0.1, 0.15) is 6.92 Å². The maximum atomic E-state index is 13.6. The van der Waals surface area contributed by atoms with Gasteiger partial charge in [-0.3, -0.25) is 4.79 Å². The van der Waals surface area contributed by atoms with Crippen molar-refractivity contribution < 1.29 is 18.7 Å². The molecule has 3 rings (SSSR count). The lowest BCUT2D eigenvalue weighted by Crippen LogP contribution is -2.38. The van der Waals surface area contributed by atoms with E-state index in [1.54, 1.807) is 25.3 Å². The molecule has 0 saturated carbocycles. The molecule has 1 atom stereocenters. The van der Waals surface area contributed by atoms with Crippen molar-refractivity contribution >= 4 is 17.4 Å². The highest BCUT2D eigenvalue weighted by atomic mass is 19.1. The van der Waals surface area contributed by atoms with Gasteiger partial charge >= 0.3 is 0 Å². The van der Waals surface area contributed by atoms with E-state index in [1.807, 2.05) is 6.07 Å². The molecule has 28 heavy (non-hydrogen) atoms. The van der Waals surface area contributed by atoms with Crippen molar-refractivity contribution in [3.8, 4) is 5.75 Å². The third-order valence-electron chi connectivity index (χ3n) is 4.26. The molecule has 0 radical (unpaired) electrons. The highest BCUT2D eigenvalue weighted by Gasteiger charge is 2.16. The van der Waals surface area contributed by atoms with Crippen molar-refractivity contribution in [1.29, 1.82) is 0 Å². The number of rotatable bonds is 8. The highest BCUT2D eigenvalue weighted by Crippen LogP contribution is 2.18. The fourth-order valence-electron chi connectivity index (χ4n) is 2.74. The third-order valence-corrected chi connectivity index (χ3v) is 4.26. The molecular weight excluding hydrogens is 365 g/mol. The Bertz CT molecular complexity index is 786. The van der Waals surface area contributed by atoms with E-state index in [2.05, 4.69) is 25.7 Å². The predicted molar refractivity (Wildman–Crippen MR) is 103 cm³/mol. The summed E-state index contributed by atoms with van der Waals surface area (Å²) in [6.07, 6.45) is 0.918. The summed E-state index contributed by atoms with van der Waals surface area (Å²) in [4.78, 5) is 14.3. The highest BCUT2D eigenvalue weighted by molar-refractivity contribution is 5.80. The number of halogens is 1. The Balaban J connectivity index is 1.41. The average molecular weight is 389 g/mol. The van der Waals surface area contributed by atoms with E-state index in [1.165, 1.54) is 12.1 Å². The molecule has 9 heteroatoms. The van der Waals surface area contributed by atoms with E-state index < -0.39 is 11.9 Å². The van der Waals surface area contributed by atoms with Gasteiger partial charge in [-0.15, -0.1) is 5.10 Å². The molecule has 150 valence electrons. The molecule has 0 aliphatic carbocycles. The number of aromatic nitrogens is 2. The lowest BCUT2D eigenvalue weighted by molar-refractivity contribution is -0.127. The third kappa shape index (κ3) is 5.53. The zero-order valence-electron chi connectivity index (χ0n) is 15.7. The first kappa shape index (κ1) is 19.8. The molecule has 2 aromatic rings. The van der Waals surface area contributed by atoms with Crippen LogP contribution in [0.5, 0.6) is 5.75 Å². The van der Waals surface area contributed by atoms with Crippen LogP contribution in [0.4, 0.5) is 15.9 Å². The van der Waals surface area contributed by atoms with Crippen LogP contribution in [0.3, 0.4) is 0 Å². The normalized spacial score (nSPS) is 15.0. The summed E-state index contributed by atoms with van der Waals surface area (Å²) >= 11 is 0. The first-order valence-corrected chi connectivity index (χ1v) is 9.21. The molecule has 1 amide bonds. The Morgan fingerprint density at radius 1 is 1.32 bits per heavy atom. The van der Waals surface area contributed by atoms with E-state index in [9.17, 15) is 9.18 Å². The molecule has 1 fully saturated rings. The number of morpholine rings is 1. The van der Waals surface area contributed by atoms with Crippen LogP contribution in [0.15, 0.2) is 36.5 Å². The molecule has 2 heterocycles. The van der Waals surface area contributed by atoms with Gasteiger partial charge < -0.3 is 25.0 Å². The summed E-state index contributed by atoms with van der Waals surface area (Å²) in [7, 11) is 0. The van der Waals surface area contributed by atoms with Gasteiger partial charge in [0.1, 0.15) is 0 Å². The monoisotopic (exact) mass is 389 g/mol. The Hall–Kier alpha value is -2.94. The minimum atomic E-state index is -0.804. The van der Waals surface area contributed by atoms with Crippen LogP contribution in [0, 0.1) is 5.82 Å². The number of hydrogen-bond donors (Lipinski definition) is 2. The molecule has 1 unspecified atom stereocenters. The second-order valence-corrected chi connectivity index (χ2v) is 6.31. The quantitative estimate of drug-likeness (QED) is 0.661. The number of ether oxygens (including phenoxy) is 2. The maximum absolute atomic E-state index is 13.6. The summed E-state index contributed by atoms with van der Waals surface area (Å²) in [6.45, 7) is 5.45. The van der Waals surface area contributed by atoms with Crippen molar-refractivity contribution in [2.24, 2.45) is 0 Å². The zero-order chi connectivity index (χ0) is 19.8. The number of nitrogens with one attached hydrogen (secondary N) is 2. The van der Waals surface area contributed by atoms with E-state index in [-0.39, 0.29) is 11.7 Å². The van der Waals surface area contributed by atoms with Crippen LogP contribution in [0.25, 0.3) is 0 Å². The Morgan fingerprint density at radius 2 is 2.11 bits per heavy atom. The Kier molecular flexibility index (Phi) is 6.96. The molecule has 2 N–H and O–H groups in total. The molecule has 0 spiro atoms. The van der Waals surface area contributed by atoms with Crippen LogP contribution in [0.2, 0.25) is 0 Å². The van der Waals surface area contributed by atoms with Crippen molar-refractivity contribution in [3.63, 3.8) is 0 Å². The van der Waals surface area contributed by atoms with Gasteiger partial charge in [0.2, 0.25) is 0 Å². The lowest BCUT2D eigenvalue weighted by atomic mass is 10.3.